The summed E-state index contributed by atoms with van der Waals surface area (Å²) in [6.07, 6.45) is 0. The van der Waals surface area contributed by atoms with E-state index in [-0.39, 0.29) is 5.82 Å². The summed E-state index contributed by atoms with van der Waals surface area (Å²) in [5.41, 5.74) is 1.05. The van der Waals surface area contributed by atoms with Crippen LogP contribution in [0.15, 0.2) is 23.6 Å². The molecular formula is C10H7ClFNS2. The number of benzene rings is 1. The number of thiol groups is 1. The molecular weight excluding hydrogens is 253 g/mol. The fourth-order valence-corrected chi connectivity index (χ4v) is 2.32. The van der Waals surface area contributed by atoms with Crippen LogP contribution in [0.3, 0.4) is 0 Å². The lowest BCUT2D eigenvalue weighted by Crippen LogP contribution is -1.85. The molecule has 0 N–H and O–H groups in total. The Balaban J connectivity index is 2.48. The predicted octanol–water partition coefficient (Wildman–Crippen LogP) is 4.03. The standard InChI is InChI=1S/C10H7ClFNS2/c11-6-1-2-8(12)7(3-6)9-5-15-10(4-14)13-9/h1-3,5,14H,4H2. The number of thiazole rings is 1. The summed E-state index contributed by atoms with van der Waals surface area (Å²) in [6.45, 7) is 0. The van der Waals surface area contributed by atoms with Crippen LogP contribution in [0.25, 0.3) is 11.3 Å². The van der Waals surface area contributed by atoms with E-state index in [0.29, 0.717) is 22.0 Å². The van der Waals surface area contributed by atoms with Gasteiger partial charge in [0.1, 0.15) is 10.8 Å². The number of nitrogens with zero attached hydrogens (tertiary/aromatic N) is 1. The number of rotatable bonds is 2. The second-order valence-corrected chi connectivity index (χ2v) is 4.60. The Morgan fingerprint density at radius 1 is 1.47 bits per heavy atom. The van der Waals surface area contributed by atoms with Gasteiger partial charge < -0.3 is 0 Å². The molecule has 0 saturated heterocycles. The Morgan fingerprint density at radius 2 is 2.27 bits per heavy atom. The van der Waals surface area contributed by atoms with Crippen LogP contribution < -0.4 is 0 Å². The van der Waals surface area contributed by atoms with Gasteiger partial charge in [-0.05, 0) is 18.2 Å². The van der Waals surface area contributed by atoms with Gasteiger partial charge in [-0.3, -0.25) is 0 Å². The molecule has 0 aliphatic carbocycles. The van der Waals surface area contributed by atoms with Crippen molar-refractivity contribution in [2.75, 3.05) is 0 Å². The van der Waals surface area contributed by atoms with Crippen molar-refractivity contribution in [2.24, 2.45) is 0 Å². The monoisotopic (exact) mass is 259 g/mol. The highest BCUT2D eigenvalue weighted by atomic mass is 35.5. The molecule has 2 rings (SSSR count). The molecule has 1 aromatic heterocycles. The van der Waals surface area contributed by atoms with Crippen LogP contribution in [0.4, 0.5) is 4.39 Å². The van der Waals surface area contributed by atoms with Gasteiger partial charge in [-0.1, -0.05) is 11.6 Å². The van der Waals surface area contributed by atoms with Crippen LogP contribution in [0, 0.1) is 5.82 Å². The molecule has 0 saturated carbocycles. The second kappa shape index (κ2) is 4.51. The molecule has 1 heterocycles. The first-order valence-corrected chi connectivity index (χ1v) is 6.10. The molecule has 0 aliphatic rings. The largest absolute Gasteiger partial charge is 0.240 e. The maximum absolute atomic E-state index is 13.5. The Bertz CT molecular complexity index is 484. The summed E-state index contributed by atoms with van der Waals surface area (Å²) in [7, 11) is 0. The SMILES string of the molecule is Fc1ccc(Cl)cc1-c1csc(CS)n1. The van der Waals surface area contributed by atoms with E-state index in [9.17, 15) is 4.39 Å². The molecule has 0 radical (unpaired) electrons. The number of halogens is 2. The van der Waals surface area contributed by atoms with Crippen molar-refractivity contribution in [1.29, 1.82) is 0 Å². The average Bonchev–Trinajstić information content (AvgIpc) is 2.70. The summed E-state index contributed by atoms with van der Waals surface area (Å²) < 4.78 is 13.5. The van der Waals surface area contributed by atoms with Crippen molar-refractivity contribution >= 4 is 35.6 Å². The van der Waals surface area contributed by atoms with Crippen LogP contribution in [0.1, 0.15) is 5.01 Å². The van der Waals surface area contributed by atoms with E-state index in [1.165, 1.54) is 23.5 Å². The Labute approximate surface area is 101 Å². The summed E-state index contributed by atoms with van der Waals surface area (Å²) >= 11 is 11.4. The molecule has 0 atom stereocenters. The van der Waals surface area contributed by atoms with Crippen LogP contribution in [-0.2, 0) is 5.75 Å². The molecule has 2 aromatic rings. The number of aromatic nitrogens is 1. The molecule has 1 nitrogen and oxygen atoms in total. The van der Waals surface area contributed by atoms with E-state index in [2.05, 4.69) is 17.6 Å². The van der Waals surface area contributed by atoms with Crippen LogP contribution in [0.5, 0.6) is 0 Å². The Kier molecular flexibility index (Phi) is 3.29. The maximum atomic E-state index is 13.5. The molecule has 0 aliphatic heterocycles. The molecule has 5 heteroatoms. The van der Waals surface area contributed by atoms with E-state index in [1.54, 1.807) is 11.4 Å². The zero-order chi connectivity index (χ0) is 10.8. The summed E-state index contributed by atoms with van der Waals surface area (Å²) in [6, 6.07) is 4.44. The van der Waals surface area contributed by atoms with Gasteiger partial charge in [0.2, 0.25) is 0 Å². The fourth-order valence-electron chi connectivity index (χ4n) is 1.20. The topological polar surface area (TPSA) is 12.9 Å². The number of hydrogen-bond acceptors (Lipinski definition) is 3. The lowest BCUT2D eigenvalue weighted by atomic mass is 10.1. The molecule has 1 aromatic carbocycles. The highest BCUT2D eigenvalue weighted by Crippen LogP contribution is 2.27. The van der Waals surface area contributed by atoms with E-state index in [1.807, 2.05) is 0 Å². The van der Waals surface area contributed by atoms with Crippen LogP contribution in [-0.4, -0.2) is 4.98 Å². The lowest BCUT2D eigenvalue weighted by molar-refractivity contribution is 0.631. The smallest absolute Gasteiger partial charge is 0.132 e. The number of hydrogen-bond donors (Lipinski definition) is 1. The summed E-state index contributed by atoms with van der Waals surface area (Å²) in [5.74, 6) is 0.253. The van der Waals surface area contributed by atoms with Gasteiger partial charge >= 0.3 is 0 Å². The van der Waals surface area contributed by atoms with Gasteiger partial charge in [-0.25, -0.2) is 9.37 Å². The highest BCUT2D eigenvalue weighted by molar-refractivity contribution is 7.79. The fraction of sp³-hybridized carbons (Fsp3) is 0.100. The molecule has 0 amide bonds. The van der Waals surface area contributed by atoms with E-state index in [0.717, 1.165) is 5.01 Å². The lowest BCUT2D eigenvalue weighted by Gasteiger charge is -1.99. The third-order valence-electron chi connectivity index (χ3n) is 1.89. The summed E-state index contributed by atoms with van der Waals surface area (Å²) in [4.78, 5) is 4.24. The molecule has 0 fully saturated rings. The van der Waals surface area contributed by atoms with E-state index in [4.69, 9.17) is 11.6 Å². The van der Waals surface area contributed by atoms with Gasteiger partial charge in [-0.2, -0.15) is 12.6 Å². The van der Waals surface area contributed by atoms with Crippen molar-refractivity contribution in [1.82, 2.24) is 4.98 Å². The first-order valence-electron chi connectivity index (χ1n) is 4.21. The molecule has 0 spiro atoms. The molecule has 15 heavy (non-hydrogen) atoms. The van der Waals surface area contributed by atoms with Crippen LogP contribution in [0.2, 0.25) is 5.02 Å². The quantitative estimate of drug-likeness (QED) is 0.804. The minimum atomic E-state index is -0.310. The Morgan fingerprint density at radius 3 is 2.93 bits per heavy atom. The normalized spacial score (nSPS) is 10.6. The third kappa shape index (κ3) is 2.33. The van der Waals surface area contributed by atoms with Gasteiger partial charge in [0.05, 0.1) is 5.69 Å². The van der Waals surface area contributed by atoms with Crippen LogP contribution >= 0.6 is 35.6 Å². The van der Waals surface area contributed by atoms with Crippen molar-refractivity contribution in [2.45, 2.75) is 5.75 Å². The summed E-state index contributed by atoms with van der Waals surface area (Å²) in [5, 5.41) is 3.18. The van der Waals surface area contributed by atoms with Crippen molar-refractivity contribution in [3.05, 3.63) is 39.4 Å². The second-order valence-electron chi connectivity index (χ2n) is 2.91. The zero-order valence-electron chi connectivity index (χ0n) is 7.58. The minimum Gasteiger partial charge on any atom is -0.240 e. The van der Waals surface area contributed by atoms with Crippen molar-refractivity contribution < 1.29 is 4.39 Å². The zero-order valence-corrected chi connectivity index (χ0v) is 10.0. The highest BCUT2D eigenvalue weighted by Gasteiger charge is 2.09. The molecule has 0 unspecified atom stereocenters. The van der Waals surface area contributed by atoms with Gasteiger partial charge in [0.15, 0.2) is 0 Å². The third-order valence-corrected chi connectivity index (χ3v) is 3.49. The van der Waals surface area contributed by atoms with Crippen molar-refractivity contribution in [3.8, 4) is 11.3 Å². The van der Waals surface area contributed by atoms with Crippen molar-refractivity contribution in [3.63, 3.8) is 0 Å². The van der Waals surface area contributed by atoms with E-state index >= 15 is 0 Å². The van der Waals surface area contributed by atoms with Gasteiger partial charge in [0.25, 0.3) is 0 Å². The van der Waals surface area contributed by atoms with Gasteiger partial charge in [0, 0.05) is 21.7 Å². The average molecular weight is 260 g/mol. The molecule has 0 bridgehead atoms. The maximum Gasteiger partial charge on any atom is 0.132 e. The molecule has 78 valence electrons. The first-order chi connectivity index (χ1) is 7.20. The van der Waals surface area contributed by atoms with Gasteiger partial charge in [-0.15, -0.1) is 11.3 Å². The van der Waals surface area contributed by atoms with E-state index < -0.39 is 0 Å². The first kappa shape index (κ1) is 10.9. The Hall–Kier alpha value is -0.580. The predicted molar refractivity (Wildman–Crippen MR) is 65.2 cm³/mol. The minimum absolute atomic E-state index is 0.310.